The normalized spacial score (nSPS) is 13.7. The van der Waals surface area contributed by atoms with Crippen molar-refractivity contribution < 1.29 is 0 Å². The summed E-state index contributed by atoms with van der Waals surface area (Å²) >= 11 is 0. The van der Waals surface area contributed by atoms with E-state index < -0.39 is 0 Å². The second-order valence-electron chi connectivity index (χ2n) is 5.78. The molecular weight excluding hydrogens is 225 g/mol. The molecule has 0 saturated heterocycles. The maximum atomic E-state index is 2.95. The van der Waals surface area contributed by atoms with Crippen molar-refractivity contribution in [2.24, 2.45) is 0 Å². The molecule has 0 aliphatic rings. The Morgan fingerprint density at radius 1 is 0.857 bits per heavy atom. The molecule has 86 valence electrons. The summed E-state index contributed by atoms with van der Waals surface area (Å²) in [6, 6.07) is 0. The lowest BCUT2D eigenvalue weighted by Gasteiger charge is -2.24. The van der Waals surface area contributed by atoms with Crippen LogP contribution in [0.2, 0.25) is 0 Å². The lowest BCUT2D eigenvalue weighted by atomic mass is 10.1. The first-order valence-electron chi connectivity index (χ1n) is 5.36. The van der Waals surface area contributed by atoms with Gasteiger partial charge in [-0.05, 0) is 42.1 Å². The predicted octanol–water partition coefficient (Wildman–Crippen LogP) is 4.19. The van der Waals surface area contributed by atoms with E-state index in [1.165, 1.54) is 25.2 Å². The van der Waals surface area contributed by atoms with Gasteiger partial charge < -0.3 is 0 Å². The molecule has 0 aromatic rings. The zero-order valence-corrected chi connectivity index (χ0v) is 13.6. The van der Waals surface area contributed by atoms with Crippen molar-refractivity contribution in [2.45, 2.75) is 50.8 Å². The summed E-state index contributed by atoms with van der Waals surface area (Å²) in [5.74, 6) is 0. The zero-order valence-electron chi connectivity index (χ0n) is 10.4. The van der Waals surface area contributed by atoms with Crippen molar-refractivity contribution >= 4 is 26.4 Å². The predicted molar refractivity (Wildman–Crippen MR) is 79.4 cm³/mol. The maximum Gasteiger partial charge on any atom is -0.0203 e. The van der Waals surface area contributed by atoms with E-state index in [9.17, 15) is 0 Å². The van der Waals surface area contributed by atoms with Gasteiger partial charge in [-0.1, -0.05) is 27.7 Å². The summed E-state index contributed by atoms with van der Waals surface area (Å²) < 4.78 is 0. The van der Waals surface area contributed by atoms with Gasteiger partial charge >= 0.3 is 0 Å². The summed E-state index contributed by atoms with van der Waals surface area (Å²) in [4.78, 5) is 0. The monoisotopic (exact) mass is 252 g/mol. The highest BCUT2D eigenvalue weighted by Crippen LogP contribution is 2.38. The maximum absolute atomic E-state index is 2.95. The largest absolute Gasteiger partial charge is 0.132 e. The minimum absolute atomic E-state index is 0.264. The van der Waals surface area contributed by atoms with Crippen molar-refractivity contribution in [3.05, 3.63) is 0 Å². The SMILES string of the molecule is CP(CCC(C)(C)P)CCC(C)(C)P. The smallest absolute Gasteiger partial charge is 0.0203 e. The van der Waals surface area contributed by atoms with Gasteiger partial charge in [-0.25, -0.2) is 0 Å². The van der Waals surface area contributed by atoms with Crippen molar-refractivity contribution in [2.75, 3.05) is 19.0 Å². The molecule has 0 bridgehead atoms. The van der Waals surface area contributed by atoms with E-state index in [-0.39, 0.29) is 7.92 Å². The van der Waals surface area contributed by atoms with Gasteiger partial charge in [0.15, 0.2) is 0 Å². The van der Waals surface area contributed by atoms with Crippen LogP contribution in [0.25, 0.3) is 0 Å². The quantitative estimate of drug-likeness (QED) is 0.622. The van der Waals surface area contributed by atoms with E-state index in [2.05, 4.69) is 52.8 Å². The Balaban J connectivity index is 3.62. The Bertz CT molecular complexity index is 135. The first-order valence-corrected chi connectivity index (χ1v) is 8.68. The highest BCUT2D eigenvalue weighted by Gasteiger charge is 2.15. The van der Waals surface area contributed by atoms with Crippen molar-refractivity contribution in [1.82, 2.24) is 0 Å². The van der Waals surface area contributed by atoms with E-state index in [0.29, 0.717) is 10.3 Å². The van der Waals surface area contributed by atoms with Crippen LogP contribution in [0.3, 0.4) is 0 Å². The highest BCUT2D eigenvalue weighted by atomic mass is 31.1. The van der Waals surface area contributed by atoms with Crippen molar-refractivity contribution in [1.29, 1.82) is 0 Å². The summed E-state index contributed by atoms with van der Waals surface area (Å²) in [6.45, 7) is 11.7. The van der Waals surface area contributed by atoms with Gasteiger partial charge in [0.25, 0.3) is 0 Å². The van der Waals surface area contributed by atoms with Gasteiger partial charge in [0, 0.05) is 0 Å². The molecule has 0 radical (unpaired) electrons. The molecule has 0 aromatic carbocycles. The third-order valence-electron chi connectivity index (χ3n) is 2.28. The average molecular weight is 252 g/mol. The average Bonchev–Trinajstić information content (AvgIpc) is 1.94. The zero-order chi connectivity index (χ0) is 11.4. The molecule has 0 saturated carbocycles. The van der Waals surface area contributed by atoms with E-state index in [1.807, 2.05) is 0 Å². The number of hydrogen-bond donors (Lipinski definition) is 0. The second-order valence-corrected chi connectivity index (χ2v) is 11.5. The lowest BCUT2D eigenvalue weighted by Crippen LogP contribution is -2.13. The van der Waals surface area contributed by atoms with Crippen LogP contribution in [-0.4, -0.2) is 29.3 Å². The molecule has 0 fully saturated rings. The number of hydrogen-bond acceptors (Lipinski definition) is 0. The van der Waals surface area contributed by atoms with Gasteiger partial charge in [0.2, 0.25) is 0 Å². The second kappa shape index (κ2) is 6.13. The molecule has 2 atom stereocenters. The van der Waals surface area contributed by atoms with Crippen LogP contribution in [0.4, 0.5) is 0 Å². The molecule has 0 heterocycles. The van der Waals surface area contributed by atoms with Crippen LogP contribution in [-0.2, 0) is 0 Å². The topological polar surface area (TPSA) is 0 Å². The van der Waals surface area contributed by atoms with E-state index >= 15 is 0 Å². The van der Waals surface area contributed by atoms with E-state index in [1.54, 1.807) is 0 Å². The summed E-state index contributed by atoms with van der Waals surface area (Å²) in [7, 11) is 6.16. The van der Waals surface area contributed by atoms with E-state index in [0.717, 1.165) is 0 Å². The Morgan fingerprint density at radius 2 is 1.14 bits per heavy atom. The Hall–Kier alpha value is 1.29. The molecule has 0 nitrogen and oxygen atoms in total. The lowest BCUT2D eigenvalue weighted by molar-refractivity contribution is 0.677. The first-order chi connectivity index (χ1) is 6.10. The van der Waals surface area contributed by atoms with Crippen LogP contribution < -0.4 is 0 Å². The van der Waals surface area contributed by atoms with Gasteiger partial charge in [-0.2, -0.15) is 0 Å². The standard InChI is InChI=1S/C11H27P3/c1-10(2,12)6-8-14(5)9-7-11(3,4)13/h6-9,12-13H2,1-5H3. The van der Waals surface area contributed by atoms with Crippen molar-refractivity contribution in [3.63, 3.8) is 0 Å². The Labute approximate surface area is 96.5 Å². The van der Waals surface area contributed by atoms with Gasteiger partial charge in [0.1, 0.15) is 0 Å². The van der Waals surface area contributed by atoms with Gasteiger partial charge in [0.05, 0.1) is 0 Å². The molecule has 3 heteroatoms. The molecule has 2 unspecified atom stereocenters. The fourth-order valence-corrected chi connectivity index (χ4v) is 3.98. The molecule has 14 heavy (non-hydrogen) atoms. The molecule has 0 rings (SSSR count). The van der Waals surface area contributed by atoms with Gasteiger partial charge in [-0.15, -0.1) is 26.4 Å². The minimum atomic E-state index is 0.264. The van der Waals surface area contributed by atoms with Gasteiger partial charge in [-0.3, -0.25) is 0 Å². The minimum Gasteiger partial charge on any atom is -0.132 e. The number of rotatable bonds is 6. The highest BCUT2D eigenvalue weighted by molar-refractivity contribution is 7.56. The van der Waals surface area contributed by atoms with Crippen molar-refractivity contribution in [3.8, 4) is 0 Å². The Morgan fingerprint density at radius 3 is 1.36 bits per heavy atom. The van der Waals surface area contributed by atoms with Crippen LogP contribution >= 0.6 is 26.4 Å². The van der Waals surface area contributed by atoms with Crippen LogP contribution in [0, 0.1) is 0 Å². The molecule has 0 aliphatic carbocycles. The third kappa shape index (κ3) is 11.4. The molecular formula is C11H27P3. The van der Waals surface area contributed by atoms with Crippen LogP contribution in [0.5, 0.6) is 0 Å². The molecule has 0 N–H and O–H groups in total. The van der Waals surface area contributed by atoms with E-state index in [4.69, 9.17) is 0 Å². The molecule has 0 spiro atoms. The van der Waals surface area contributed by atoms with Crippen LogP contribution in [0.1, 0.15) is 40.5 Å². The summed E-state index contributed by atoms with van der Waals surface area (Å²) in [5, 5.41) is 0.875. The Kier molecular flexibility index (Phi) is 6.70. The molecule has 0 aliphatic heterocycles. The first kappa shape index (κ1) is 15.3. The summed E-state index contributed by atoms with van der Waals surface area (Å²) in [6.07, 6.45) is 5.54. The summed E-state index contributed by atoms with van der Waals surface area (Å²) in [5.41, 5.74) is 0. The fraction of sp³-hybridized carbons (Fsp3) is 1.00. The third-order valence-corrected chi connectivity index (χ3v) is 4.83. The molecule has 0 amide bonds. The fourth-order valence-electron chi connectivity index (χ4n) is 1.07. The van der Waals surface area contributed by atoms with Crippen LogP contribution in [0.15, 0.2) is 0 Å². The molecule has 0 aromatic heterocycles.